The van der Waals surface area contributed by atoms with Gasteiger partial charge in [0.15, 0.2) is 5.60 Å². The molecule has 36 heavy (non-hydrogen) atoms. The summed E-state index contributed by atoms with van der Waals surface area (Å²) in [7, 11) is 0. The van der Waals surface area contributed by atoms with Crippen LogP contribution in [0.5, 0.6) is 0 Å². The molecular weight excluding hydrogens is 470 g/mol. The molecule has 11 nitrogen and oxygen atoms in total. The van der Waals surface area contributed by atoms with Crippen molar-refractivity contribution < 1.29 is 29.1 Å². The molecular formula is C25H23N3O8. The van der Waals surface area contributed by atoms with Crippen LogP contribution in [-0.4, -0.2) is 38.1 Å². The SMILES string of the molecule is CCOC(=O)CCc1c2c(nc3ccccc13)-c1c([N+](=O)[O-])c3c(c(=O)n1C2)COC(=O)[C@]3(O)CC. The highest BCUT2D eigenvalue weighted by Crippen LogP contribution is 2.47. The fourth-order valence-electron chi connectivity index (χ4n) is 5.18. The van der Waals surface area contributed by atoms with Gasteiger partial charge in [0.05, 0.1) is 40.4 Å². The predicted octanol–water partition coefficient (Wildman–Crippen LogP) is 2.48. The molecule has 0 amide bonds. The standard InChI is InChI=1S/C25H23N3O8/c1-3-25(32)19-16(12-36-24(25)31)23(30)27-11-15-13(9-10-18(29)35-4-2)14-7-5-6-8-17(14)26-20(15)22(27)21(19)28(33)34/h5-8,32H,3-4,9-12H2,1-2H3/t25-/m0/s1. The van der Waals surface area contributed by atoms with Gasteiger partial charge in [-0.1, -0.05) is 25.1 Å². The molecule has 2 aliphatic rings. The number of fused-ring (bicyclic) bond motifs is 5. The molecule has 186 valence electrons. The molecule has 1 atom stereocenters. The van der Waals surface area contributed by atoms with Crippen LogP contribution in [0.2, 0.25) is 0 Å². The number of ether oxygens (including phenoxy) is 2. The highest BCUT2D eigenvalue weighted by molar-refractivity contribution is 5.92. The van der Waals surface area contributed by atoms with Crippen LogP contribution in [0, 0.1) is 10.1 Å². The van der Waals surface area contributed by atoms with Crippen LogP contribution in [0.25, 0.3) is 22.3 Å². The van der Waals surface area contributed by atoms with Gasteiger partial charge in [-0.3, -0.25) is 24.3 Å². The Balaban J connectivity index is 1.82. The Labute approximate surface area is 204 Å². The minimum absolute atomic E-state index is 0.00782. The summed E-state index contributed by atoms with van der Waals surface area (Å²) in [6.07, 6.45) is 0.141. The highest BCUT2D eigenvalue weighted by Gasteiger charge is 2.52. The van der Waals surface area contributed by atoms with Crippen molar-refractivity contribution in [1.29, 1.82) is 0 Å². The van der Waals surface area contributed by atoms with Gasteiger partial charge in [-0.2, -0.15) is 0 Å². The van der Waals surface area contributed by atoms with Crippen molar-refractivity contribution in [2.45, 2.75) is 51.9 Å². The molecule has 0 bridgehead atoms. The van der Waals surface area contributed by atoms with Crippen LogP contribution in [0.1, 0.15) is 48.9 Å². The fourth-order valence-corrected chi connectivity index (χ4v) is 5.18. The summed E-state index contributed by atoms with van der Waals surface area (Å²) in [4.78, 5) is 54.6. The van der Waals surface area contributed by atoms with E-state index in [2.05, 4.69) is 4.98 Å². The molecule has 2 aliphatic heterocycles. The van der Waals surface area contributed by atoms with E-state index in [1.165, 1.54) is 11.5 Å². The van der Waals surface area contributed by atoms with E-state index in [1.54, 1.807) is 19.1 Å². The van der Waals surface area contributed by atoms with Gasteiger partial charge in [-0.25, -0.2) is 9.78 Å². The minimum atomic E-state index is -2.34. The first kappa shape index (κ1) is 23.6. The number of carbonyl (C=O) groups excluding carboxylic acids is 2. The third kappa shape index (κ3) is 3.30. The molecule has 1 aromatic carbocycles. The van der Waals surface area contributed by atoms with Gasteiger partial charge in [-0.15, -0.1) is 0 Å². The zero-order chi connectivity index (χ0) is 25.8. The first-order chi connectivity index (χ1) is 17.2. The number of hydrogen-bond donors (Lipinski definition) is 1. The van der Waals surface area contributed by atoms with E-state index in [-0.39, 0.29) is 60.9 Å². The number of cyclic esters (lactones) is 1. The summed E-state index contributed by atoms with van der Waals surface area (Å²) in [5, 5.41) is 24.4. The maximum absolute atomic E-state index is 13.6. The van der Waals surface area contributed by atoms with E-state index in [1.807, 2.05) is 12.1 Å². The number of hydrogen-bond acceptors (Lipinski definition) is 9. The summed E-state index contributed by atoms with van der Waals surface area (Å²) in [6.45, 7) is 2.96. The van der Waals surface area contributed by atoms with E-state index in [0.717, 1.165) is 10.9 Å². The van der Waals surface area contributed by atoms with Gasteiger partial charge in [-0.05, 0) is 31.4 Å². The summed E-state index contributed by atoms with van der Waals surface area (Å²) in [5.41, 5.74) is -1.93. The summed E-state index contributed by atoms with van der Waals surface area (Å²) < 4.78 is 11.4. The van der Waals surface area contributed by atoms with Gasteiger partial charge in [0, 0.05) is 17.4 Å². The normalized spacial score (nSPS) is 17.8. The highest BCUT2D eigenvalue weighted by atomic mass is 16.6. The van der Waals surface area contributed by atoms with Crippen LogP contribution in [-0.2, 0) is 44.2 Å². The molecule has 5 rings (SSSR count). The van der Waals surface area contributed by atoms with Crippen molar-refractivity contribution in [3.05, 3.63) is 67.0 Å². The maximum Gasteiger partial charge on any atom is 0.343 e. The van der Waals surface area contributed by atoms with Gasteiger partial charge in [0.25, 0.3) is 5.56 Å². The van der Waals surface area contributed by atoms with Gasteiger partial charge in [0.2, 0.25) is 0 Å². The molecule has 0 saturated carbocycles. The second-order valence-corrected chi connectivity index (χ2v) is 8.73. The molecule has 4 heterocycles. The molecule has 0 aliphatic carbocycles. The number of nitrogens with zero attached hydrogens (tertiary/aromatic N) is 3. The second-order valence-electron chi connectivity index (χ2n) is 8.73. The number of nitro groups is 1. The van der Waals surface area contributed by atoms with Crippen LogP contribution >= 0.6 is 0 Å². The molecule has 0 unspecified atom stereocenters. The average Bonchev–Trinajstić information content (AvgIpc) is 3.23. The minimum Gasteiger partial charge on any atom is -0.466 e. The van der Waals surface area contributed by atoms with Crippen molar-refractivity contribution in [2.24, 2.45) is 0 Å². The number of para-hydroxylation sites is 1. The number of esters is 2. The van der Waals surface area contributed by atoms with E-state index in [9.17, 15) is 29.6 Å². The van der Waals surface area contributed by atoms with Crippen molar-refractivity contribution >= 4 is 28.5 Å². The van der Waals surface area contributed by atoms with E-state index in [4.69, 9.17) is 9.47 Å². The first-order valence-electron chi connectivity index (χ1n) is 11.6. The summed E-state index contributed by atoms with van der Waals surface area (Å²) >= 11 is 0. The topological polar surface area (TPSA) is 151 Å². The quantitative estimate of drug-likeness (QED) is 0.243. The monoisotopic (exact) mass is 493 g/mol. The molecule has 0 spiro atoms. The molecule has 0 saturated heterocycles. The van der Waals surface area contributed by atoms with Crippen molar-refractivity contribution in [3.8, 4) is 11.4 Å². The Bertz CT molecular complexity index is 1530. The number of rotatable bonds is 6. The Hall–Kier alpha value is -4.12. The van der Waals surface area contributed by atoms with Crippen LogP contribution in [0.15, 0.2) is 29.1 Å². The Morgan fingerprint density at radius 1 is 1.28 bits per heavy atom. The number of aliphatic hydroxyl groups is 1. The lowest BCUT2D eigenvalue weighted by Gasteiger charge is -2.31. The van der Waals surface area contributed by atoms with E-state index in [0.29, 0.717) is 11.1 Å². The average molecular weight is 493 g/mol. The van der Waals surface area contributed by atoms with Crippen molar-refractivity contribution in [1.82, 2.24) is 9.55 Å². The number of aryl methyl sites for hydroxylation is 1. The van der Waals surface area contributed by atoms with Crippen molar-refractivity contribution in [2.75, 3.05) is 6.61 Å². The predicted molar refractivity (Wildman–Crippen MR) is 126 cm³/mol. The lowest BCUT2D eigenvalue weighted by atomic mass is 9.84. The first-order valence-corrected chi connectivity index (χ1v) is 11.6. The van der Waals surface area contributed by atoms with E-state index >= 15 is 0 Å². The molecule has 3 aromatic rings. The molecule has 2 aromatic heterocycles. The lowest BCUT2D eigenvalue weighted by Crippen LogP contribution is -2.45. The Morgan fingerprint density at radius 3 is 2.72 bits per heavy atom. The van der Waals surface area contributed by atoms with Gasteiger partial charge in [0.1, 0.15) is 12.3 Å². The second kappa shape index (κ2) is 8.52. The lowest BCUT2D eigenvalue weighted by molar-refractivity contribution is -0.386. The summed E-state index contributed by atoms with van der Waals surface area (Å²) in [5.74, 6) is -1.42. The number of carbonyl (C=O) groups is 2. The third-order valence-corrected chi connectivity index (χ3v) is 6.87. The molecule has 0 fully saturated rings. The smallest absolute Gasteiger partial charge is 0.343 e. The van der Waals surface area contributed by atoms with Gasteiger partial charge >= 0.3 is 17.6 Å². The zero-order valence-corrected chi connectivity index (χ0v) is 19.7. The van der Waals surface area contributed by atoms with E-state index < -0.39 is 34.3 Å². The van der Waals surface area contributed by atoms with Crippen LogP contribution in [0.3, 0.4) is 0 Å². The zero-order valence-electron chi connectivity index (χ0n) is 19.7. The molecule has 0 radical (unpaired) electrons. The number of aromatic nitrogens is 2. The molecule has 11 heteroatoms. The number of benzene rings is 1. The Morgan fingerprint density at radius 2 is 2.03 bits per heavy atom. The van der Waals surface area contributed by atoms with Crippen LogP contribution in [0.4, 0.5) is 5.69 Å². The third-order valence-electron chi connectivity index (χ3n) is 6.87. The molecule has 1 N–H and O–H groups in total. The Kier molecular flexibility index (Phi) is 5.59. The van der Waals surface area contributed by atoms with Gasteiger partial charge < -0.3 is 14.6 Å². The fraction of sp³-hybridized carbons (Fsp3) is 0.360. The van der Waals surface area contributed by atoms with Crippen molar-refractivity contribution in [3.63, 3.8) is 0 Å². The number of pyridine rings is 2. The van der Waals surface area contributed by atoms with Crippen LogP contribution < -0.4 is 5.56 Å². The summed E-state index contributed by atoms with van der Waals surface area (Å²) in [6, 6.07) is 7.18. The maximum atomic E-state index is 13.6. The largest absolute Gasteiger partial charge is 0.466 e.